The molecule has 2 amide bonds. The molecule has 2 N–H and O–H groups in total. The first-order valence-corrected chi connectivity index (χ1v) is 9.30. The highest BCUT2D eigenvalue weighted by molar-refractivity contribution is 6.32. The number of nitrogens with zero attached hydrogens (tertiary/aromatic N) is 2. The summed E-state index contributed by atoms with van der Waals surface area (Å²) in [5, 5.41) is 10.5. The van der Waals surface area contributed by atoms with Gasteiger partial charge in [0.15, 0.2) is 5.69 Å². The lowest BCUT2D eigenvalue weighted by molar-refractivity contribution is -0.118. The van der Waals surface area contributed by atoms with Crippen molar-refractivity contribution in [3.63, 3.8) is 0 Å². The summed E-state index contributed by atoms with van der Waals surface area (Å²) in [7, 11) is 0. The van der Waals surface area contributed by atoms with Crippen LogP contribution in [0.3, 0.4) is 0 Å². The fourth-order valence-electron chi connectivity index (χ4n) is 2.48. The number of amides is 2. The van der Waals surface area contributed by atoms with Crippen molar-refractivity contribution in [3.05, 3.63) is 77.1 Å². The first-order chi connectivity index (χ1) is 13.4. The van der Waals surface area contributed by atoms with Crippen LogP contribution in [0.1, 0.15) is 29.9 Å². The van der Waals surface area contributed by atoms with Crippen molar-refractivity contribution in [1.29, 1.82) is 0 Å². The Bertz CT molecular complexity index is 980. The maximum absolute atomic E-state index is 12.4. The van der Waals surface area contributed by atoms with Gasteiger partial charge in [-0.1, -0.05) is 49.7 Å². The Labute approximate surface area is 168 Å². The third kappa shape index (κ3) is 4.78. The van der Waals surface area contributed by atoms with Gasteiger partial charge in [0.2, 0.25) is 5.91 Å². The number of carbonyl (C=O) groups is 2. The van der Waals surface area contributed by atoms with E-state index in [9.17, 15) is 9.59 Å². The predicted molar refractivity (Wildman–Crippen MR) is 110 cm³/mol. The van der Waals surface area contributed by atoms with Crippen molar-refractivity contribution >= 4 is 29.1 Å². The van der Waals surface area contributed by atoms with Crippen LogP contribution < -0.4 is 10.6 Å². The molecular formula is C21H21ClN4O2. The van der Waals surface area contributed by atoms with Crippen molar-refractivity contribution in [1.82, 2.24) is 15.1 Å². The molecule has 0 aliphatic rings. The van der Waals surface area contributed by atoms with Crippen LogP contribution in [0.2, 0.25) is 5.02 Å². The van der Waals surface area contributed by atoms with Gasteiger partial charge in [0.05, 0.1) is 10.7 Å². The van der Waals surface area contributed by atoms with Gasteiger partial charge >= 0.3 is 0 Å². The molecule has 7 heteroatoms. The lowest BCUT2D eigenvalue weighted by atomic mass is 10.1. The third-order valence-electron chi connectivity index (χ3n) is 4.12. The summed E-state index contributed by atoms with van der Waals surface area (Å²) in [4.78, 5) is 24.1. The molecule has 2 aromatic carbocycles. The normalized spacial score (nSPS) is 10.7. The number of hydrogen-bond acceptors (Lipinski definition) is 3. The molecule has 0 unspecified atom stereocenters. The summed E-state index contributed by atoms with van der Waals surface area (Å²) >= 11 is 6.16. The van der Waals surface area contributed by atoms with Crippen LogP contribution in [0.25, 0.3) is 5.69 Å². The fourth-order valence-corrected chi connectivity index (χ4v) is 2.70. The highest BCUT2D eigenvalue weighted by Gasteiger charge is 2.11. The van der Waals surface area contributed by atoms with Gasteiger partial charge in [-0.2, -0.15) is 5.10 Å². The molecule has 0 bridgehead atoms. The largest absolute Gasteiger partial charge is 0.347 e. The molecule has 0 spiro atoms. The summed E-state index contributed by atoms with van der Waals surface area (Å²) < 4.78 is 1.57. The minimum atomic E-state index is -0.275. The molecule has 0 fully saturated rings. The van der Waals surface area contributed by atoms with Gasteiger partial charge < -0.3 is 10.6 Å². The van der Waals surface area contributed by atoms with Crippen LogP contribution in [0.5, 0.6) is 0 Å². The minimum Gasteiger partial charge on any atom is -0.347 e. The van der Waals surface area contributed by atoms with Crippen molar-refractivity contribution in [3.8, 4) is 5.69 Å². The maximum atomic E-state index is 12.4. The molecule has 3 rings (SSSR count). The lowest BCUT2D eigenvalue weighted by Gasteiger charge is -2.09. The Hall–Kier alpha value is -3.12. The SMILES string of the molecule is CC(C)C(=O)Nc1ccc(CNC(=O)c2ccn(-c3ccccc3Cl)n2)cc1. The van der Waals surface area contributed by atoms with E-state index in [0.717, 1.165) is 11.3 Å². The fraction of sp³-hybridized carbons (Fsp3) is 0.190. The molecule has 0 saturated heterocycles. The van der Waals surface area contributed by atoms with E-state index < -0.39 is 0 Å². The van der Waals surface area contributed by atoms with E-state index in [4.69, 9.17) is 11.6 Å². The lowest BCUT2D eigenvalue weighted by Crippen LogP contribution is -2.23. The van der Waals surface area contributed by atoms with Crippen LogP contribution in [0, 0.1) is 5.92 Å². The second-order valence-electron chi connectivity index (χ2n) is 6.62. The van der Waals surface area contributed by atoms with E-state index >= 15 is 0 Å². The Balaban J connectivity index is 1.59. The number of benzene rings is 2. The van der Waals surface area contributed by atoms with E-state index in [2.05, 4.69) is 15.7 Å². The second-order valence-corrected chi connectivity index (χ2v) is 7.03. The average molecular weight is 397 g/mol. The van der Waals surface area contributed by atoms with E-state index in [1.807, 2.05) is 56.3 Å². The molecule has 0 saturated carbocycles. The number of carbonyl (C=O) groups excluding carboxylic acids is 2. The molecule has 144 valence electrons. The molecule has 6 nitrogen and oxygen atoms in total. The Kier molecular flexibility index (Phi) is 6.11. The van der Waals surface area contributed by atoms with Crippen LogP contribution in [-0.4, -0.2) is 21.6 Å². The van der Waals surface area contributed by atoms with Crippen LogP contribution in [0.4, 0.5) is 5.69 Å². The molecule has 1 aromatic heterocycles. The Morgan fingerprint density at radius 3 is 2.46 bits per heavy atom. The summed E-state index contributed by atoms with van der Waals surface area (Å²) in [6.07, 6.45) is 1.70. The number of hydrogen-bond donors (Lipinski definition) is 2. The van der Waals surface area contributed by atoms with Gasteiger partial charge in [-0.25, -0.2) is 4.68 Å². The minimum absolute atomic E-state index is 0.0323. The number of halogens is 1. The van der Waals surface area contributed by atoms with E-state index in [1.165, 1.54) is 0 Å². The third-order valence-corrected chi connectivity index (χ3v) is 4.44. The standard InChI is InChI=1S/C21H21ClN4O2/c1-14(2)20(27)24-16-9-7-15(8-10-16)13-23-21(28)18-11-12-26(25-18)19-6-4-3-5-17(19)22/h3-12,14H,13H2,1-2H3,(H,23,28)(H,24,27). The van der Waals surface area contributed by atoms with Crippen LogP contribution in [0.15, 0.2) is 60.8 Å². The van der Waals surface area contributed by atoms with Gasteiger partial charge in [-0.05, 0) is 35.9 Å². The molecule has 1 heterocycles. The summed E-state index contributed by atoms with van der Waals surface area (Å²) in [5.74, 6) is -0.386. The van der Waals surface area contributed by atoms with Crippen molar-refractivity contribution < 1.29 is 9.59 Å². The van der Waals surface area contributed by atoms with Crippen molar-refractivity contribution in [2.24, 2.45) is 5.92 Å². The Morgan fingerprint density at radius 1 is 1.07 bits per heavy atom. The predicted octanol–water partition coefficient (Wildman–Crippen LogP) is 4.05. The molecule has 0 radical (unpaired) electrons. The first-order valence-electron chi connectivity index (χ1n) is 8.92. The number of rotatable bonds is 6. The average Bonchev–Trinajstić information content (AvgIpc) is 3.17. The van der Waals surface area contributed by atoms with E-state index in [0.29, 0.717) is 22.9 Å². The summed E-state index contributed by atoms with van der Waals surface area (Å²) in [5.41, 5.74) is 2.66. The molecule has 0 aliphatic carbocycles. The second kappa shape index (κ2) is 8.71. The maximum Gasteiger partial charge on any atom is 0.272 e. The summed E-state index contributed by atoms with van der Waals surface area (Å²) in [6, 6.07) is 16.3. The highest BCUT2D eigenvalue weighted by atomic mass is 35.5. The van der Waals surface area contributed by atoms with Crippen LogP contribution in [-0.2, 0) is 11.3 Å². The van der Waals surface area contributed by atoms with Gasteiger partial charge in [-0.3, -0.25) is 9.59 Å². The van der Waals surface area contributed by atoms with Gasteiger partial charge in [-0.15, -0.1) is 0 Å². The van der Waals surface area contributed by atoms with Crippen molar-refractivity contribution in [2.75, 3.05) is 5.32 Å². The van der Waals surface area contributed by atoms with Crippen LogP contribution >= 0.6 is 11.6 Å². The topological polar surface area (TPSA) is 76.0 Å². The zero-order valence-electron chi connectivity index (χ0n) is 15.6. The van der Waals surface area contributed by atoms with Gasteiger partial charge in [0.25, 0.3) is 5.91 Å². The first kappa shape index (κ1) is 19.6. The molecule has 28 heavy (non-hydrogen) atoms. The Morgan fingerprint density at radius 2 is 1.79 bits per heavy atom. The van der Waals surface area contributed by atoms with Gasteiger partial charge in [0.1, 0.15) is 0 Å². The quantitative estimate of drug-likeness (QED) is 0.660. The van der Waals surface area contributed by atoms with Gasteiger partial charge in [0, 0.05) is 24.3 Å². The smallest absolute Gasteiger partial charge is 0.272 e. The monoisotopic (exact) mass is 396 g/mol. The van der Waals surface area contributed by atoms with E-state index in [-0.39, 0.29) is 17.7 Å². The zero-order valence-corrected chi connectivity index (χ0v) is 16.4. The number of aromatic nitrogens is 2. The zero-order chi connectivity index (χ0) is 20.1. The van der Waals surface area contributed by atoms with Crippen molar-refractivity contribution in [2.45, 2.75) is 20.4 Å². The highest BCUT2D eigenvalue weighted by Crippen LogP contribution is 2.19. The molecule has 0 aliphatic heterocycles. The summed E-state index contributed by atoms with van der Waals surface area (Å²) in [6.45, 7) is 4.04. The number of anilines is 1. The number of nitrogens with one attached hydrogen (secondary N) is 2. The molecule has 0 atom stereocenters. The molecular weight excluding hydrogens is 376 g/mol. The number of para-hydroxylation sites is 1. The molecule has 3 aromatic rings. The van der Waals surface area contributed by atoms with E-state index in [1.54, 1.807) is 23.0 Å².